The fourth-order valence-electron chi connectivity index (χ4n) is 3.33. The maximum absolute atomic E-state index is 12.9. The van der Waals surface area contributed by atoms with Crippen LogP contribution in [0, 0.1) is 0 Å². The van der Waals surface area contributed by atoms with Crippen molar-refractivity contribution in [1.82, 2.24) is 19.7 Å². The molecule has 1 aliphatic rings. The molecule has 0 saturated carbocycles. The maximum Gasteiger partial charge on any atom is 0.293 e. The van der Waals surface area contributed by atoms with Crippen molar-refractivity contribution in [3.8, 4) is 22.8 Å². The first-order valence-electron chi connectivity index (χ1n) is 9.32. The lowest BCUT2D eigenvalue weighted by molar-refractivity contribution is 0.0712. The highest BCUT2D eigenvalue weighted by atomic mass is 35.5. The number of carbonyl (C=O) groups excluding carboxylic acids is 1. The molecule has 2 aromatic carbocycles. The monoisotopic (exact) mass is 396 g/mol. The predicted molar refractivity (Wildman–Crippen MR) is 108 cm³/mol. The zero-order valence-corrected chi connectivity index (χ0v) is 16.4. The average molecular weight is 397 g/mol. The van der Waals surface area contributed by atoms with E-state index in [9.17, 15) is 4.79 Å². The second-order valence-electron chi connectivity index (χ2n) is 6.73. The zero-order chi connectivity index (χ0) is 19.5. The van der Waals surface area contributed by atoms with E-state index < -0.39 is 0 Å². The highest BCUT2D eigenvalue weighted by molar-refractivity contribution is 6.30. The SMILES string of the molecule is COc1ccc(-c2nc(C(=O)N3CCCCC3)nn2-c2ccc(Cl)cc2)cc1. The zero-order valence-electron chi connectivity index (χ0n) is 15.6. The Bertz CT molecular complexity index is 961. The van der Waals surface area contributed by atoms with Crippen LogP contribution in [0.1, 0.15) is 29.9 Å². The molecule has 0 spiro atoms. The molecule has 28 heavy (non-hydrogen) atoms. The van der Waals surface area contributed by atoms with Gasteiger partial charge < -0.3 is 9.64 Å². The third-order valence-corrected chi connectivity index (χ3v) is 5.11. The molecule has 0 bridgehead atoms. The summed E-state index contributed by atoms with van der Waals surface area (Å²) in [5.74, 6) is 1.45. The minimum absolute atomic E-state index is 0.123. The Morgan fingerprint density at radius 2 is 1.68 bits per heavy atom. The summed E-state index contributed by atoms with van der Waals surface area (Å²) in [5, 5.41) is 5.18. The normalized spacial score (nSPS) is 14.1. The van der Waals surface area contributed by atoms with Crippen molar-refractivity contribution in [2.45, 2.75) is 19.3 Å². The number of aromatic nitrogens is 3. The molecule has 1 saturated heterocycles. The van der Waals surface area contributed by atoms with Crippen LogP contribution in [-0.2, 0) is 0 Å². The number of amides is 1. The molecule has 0 aliphatic carbocycles. The van der Waals surface area contributed by atoms with E-state index in [1.807, 2.05) is 41.3 Å². The van der Waals surface area contributed by atoms with Crippen LogP contribution in [-0.4, -0.2) is 45.8 Å². The number of ether oxygens (including phenoxy) is 1. The average Bonchev–Trinajstić information content (AvgIpc) is 3.20. The highest BCUT2D eigenvalue weighted by Crippen LogP contribution is 2.25. The van der Waals surface area contributed by atoms with E-state index in [1.54, 1.807) is 23.9 Å². The smallest absolute Gasteiger partial charge is 0.293 e. The molecular weight excluding hydrogens is 376 g/mol. The Morgan fingerprint density at radius 3 is 2.32 bits per heavy atom. The van der Waals surface area contributed by atoms with Gasteiger partial charge in [-0.1, -0.05) is 11.6 Å². The summed E-state index contributed by atoms with van der Waals surface area (Å²) in [6.45, 7) is 1.51. The Labute approximate surface area is 168 Å². The molecule has 0 N–H and O–H groups in total. The molecule has 0 radical (unpaired) electrons. The fourth-order valence-corrected chi connectivity index (χ4v) is 3.46. The molecule has 144 valence electrons. The number of benzene rings is 2. The van der Waals surface area contributed by atoms with Crippen molar-refractivity contribution in [3.63, 3.8) is 0 Å². The van der Waals surface area contributed by atoms with Gasteiger partial charge in [-0.15, -0.1) is 5.10 Å². The number of rotatable bonds is 4. The summed E-state index contributed by atoms with van der Waals surface area (Å²) in [5.41, 5.74) is 1.64. The molecule has 0 atom stereocenters. The van der Waals surface area contributed by atoms with Crippen molar-refractivity contribution < 1.29 is 9.53 Å². The third kappa shape index (κ3) is 3.73. The van der Waals surface area contributed by atoms with Gasteiger partial charge in [-0.05, 0) is 67.8 Å². The quantitative estimate of drug-likeness (QED) is 0.662. The number of hydrogen-bond acceptors (Lipinski definition) is 4. The fraction of sp³-hybridized carbons (Fsp3) is 0.286. The molecule has 1 amide bonds. The van der Waals surface area contributed by atoms with Crippen molar-refractivity contribution >= 4 is 17.5 Å². The molecule has 3 aromatic rings. The first-order chi connectivity index (χ1) is 13.7. The highest BCUT2D eigenvalue weighted by Gasteiger charge is 2.24. The number of methoxy groups -OCH3 is 1. The van der Waals surface area contributed by atoms with Crippen LogP contribution in [0.3, 0.4) is 0 Å². The number of nitrogens with zero attached hydrogens (tertiary/aromatic N) is 4. The van der Waals surface area contributed by atoms with E-state index >= 15 is 0 Å². The van der Waals surface area contributed by atoms with E-state index in [2.05, 4.69) is 10.1 Å². The van der Waals surface area contributed by atoms with Crippen LogP contribution in [0.15, 0.2) is 48.5 Å². The number of piperidine rings is 1. The Morgan fingerprint density at radius 1 is 1.00 bits per heavy atom. The van der Waals surface area contributed by atoms with Gasteiger partial charge in [0.25, 0.3) is 5.91 Å². The van der Waals surface area contributed by atoms with Gasteiger partial charge in [0, 0.05) is 23.7 Å². The van der Waals surface area contributed by atoms with Crippen LogP contribution in [0.5, 0.6) is 5.75 Å². The van der Waals surface area contributed by atoms with Gasteiger partial charge in [-0.25, -0.2) is 9.67 Å². The number of halogens is 1. The van der Waals surface area contributed by atoms with Crippen LogP contribution < -0.4 is 4.74 Å². The van der Waals surface area contributed by atoms with Crippen LogP contribution in [0.2, 0.25) is 5.02 Å². The number of likely N-dealkylation sites (tertiary alicyclic amines) is 1. The summed E-state index contributed by atoms with van der Waals surface area (Å²) in [6, 6.07) is 14.9. The molecule has 4 rings (SSSR count). The first-order valence-corrected chi connectivity index (χ1v) is 9.70. The lowest BCUT2D eigenvalue weighted by Crippen LogP contribution is -2.36. The minimum Gasteiger partial charge on any atom is -0.497 e. The lowest BCUT2D eigenvalue weighted by atomic mass is 10.1. The van der Waals surface area contributed by atoms with Gasteiger partial charge in [0.2, 0.25) is 5.82 Å². The molecule has 1 aliphatic heterocycles. The standard InChI is InChI=1S/C21H21ClN4O2/c1-28-18-11-5-15(6-12-18)20-23-19(21(27)25-13-3-2-4-14-25)24-26(20)17-9-7-16(22)8-10-17/h5-12H,2-4,13-14H2,1H3. The van der Waals surface area contributed by atoms with Gasteiger partial charge >= 0.3 is 0 Å². The van der Waals surface area contributed by atoms with Crippen molar-refractivity contribution in [2.24, 2.45) is 0 Å². The van der Waals surface area contributed by atoms with Crippen molar-refractivity contribution in [1.29, 1.82) is 0 Å². The number of hydrogen-bond donors (Lipinski definition) is 0. The number of carbonyl (C=O) groups is 1. The summed E-state index contributed by atoms with van der Waals surface area (Å²) in [7, 11) is 1.63. The predicted octanol–water partition coefficient (Wildman–Crippen LogP) is 4.22. The third-order valence-electron chi connectivity index (χ3n) is 4.86. The van der Waals surface area contributed by atoms with E-state index in [-0.39, 0.29) is 11.7 Å². The van der Waals surface area contributed by atoms with Gasteiger partial charge in [-0.2, -0.15) is 0 Å². The van der Waals surface area contributed by atoms with E-state index in [4.69, 9.17) is 16.3 Å². The molecule has 2 heterocycles. The van der Waals surface area contributed by atoms with E-state index in [0.29, 0.717) is 10.8 Å². The lowest BCUT2D eigenvalue weighted by Gasteiger charge is -2.25. The van der Waals surface area contributed by atoms with Gasteiger partial charge in [-0.3, -0.25) is 4.79 Å². The van der Waals surface area contributed by atoms with E-state index in [0.717, 1.165) is 49.4 Å². The maximum atomic E-state index is 12.9. The summed E-state index contributed by atoms with van der Waals surface area (Å²) in [4.78, 5) is 19.4. The van der Waals surface area contributed by atoms with Gasteiger partial charge in [0.05, 0.1) is 12.8 Å². The molecule has 6 nitrogen and oxygen atoms in total. The van der Waals surface area contributed by atoms with E-state index in [1.165, 1.54) is 0 Å². The second kappa shape index (κ2) is 8.02. The minimum atomic E-state index is -0.123. The largest absolute Gasteiger partial charge is 0.497 e. The topological polar surface area (TPSA) is 60.2 Å². The molecule has 0 unspecified atom stereocenters. The summed E-state index contributed by atoms with van der Waals surface area (Å²) < 4.78 is 6.93. The molecule has 1 fully saturated rings. The first kappa shape index (κ1) is 18.5. The Hall–Kier alpha value is -2.86. The Kier molecular flexibility index (Phi) is 5.30. The summed E-state index contributed by atoms with van der Waals surface area (Å²) >= 11 is 6.03. The van der Waals surface area contributed by atoms with Crippen LogP contribution >= 0.6 is 11.6 Å². The van der Waals surface area contributed by atoms with Gasteiger partial charge in [0.15, 0.2) is 5.82 Å². The molecular formula is C21H21ClN4O2. The van der Waals surface area contributed by atoms with Crippen LogP contribution in [0.25, 0.3) is 17.1 Å². The summed E-state index contributed by atoms with van der Waals surface area (Å²) in [6.07, 6.45) is 3.21. The van der Waals surface area contributed by atoms with Crippen LogP contribution in [0.4, 0.5) is 0 Å². The molecule has 7 heteroatoms. The molecule has 1 aromatic heterocycles. The van der Waals surface area contributed by atoms with Crippen molar-refractivity contribution in [3.05, 3.63) is 59.4 Å². The van der Waals surface area contributed by atoms with Gasteiger partial charge in [0.1, 0.15) is 5.75 Å². The van der Waals surface area contributed by atoms with Crippen molar-refractivity contribution in [2.75, 3.05) is 20.2 Å². The second-order valence-corrected chi connectivity index (χ2v) is 7.17. The Balaban J connectivity index is 1.76.